The Balaban J connectivity index is 2.09. The highest BCUT2D eigenvalue weighted by atomic mass is 35.5. The molecule has 0 aromatic heterocycles. The largest absolute Gasteiger partial charge is 0.296 e. The molecule has 0 bridgehead atoms. The van der Waals surface area contributed by atoms with Crippen LogP contribution in [0, 0.1) is 5.92 Å². The quantitative estimate of drug-likeness (QED) is 0.677. The van der Waals surface area contributed by atoms with E-state index in [0.717, 1.165) is 12.1 Å². The highest BCUT2D eigenvalue weighted by molar-refractivity contribution is 6.67. The fourth-order valence-corrected chi connectivity index (χ4v) is 2.57. The molecule has 16 heavy (non-hydrogen) atoms. The van der Waals surface area contributed by atoms with Gasteiger partial charge in [-0.15, -0.1) is 0 Å². The Bertz CT molecular complexity index is 481. The molecule has 0 aliphatic carbocycles. The van der Waals surface area contributed by atoms with Crippen LogP contribution in [0.1, 0.15) is 5.56 Å². The van der Waals surface area contributed by atoms with E-state index in [9.17, 15) is 0 Å². The van der Waals surface area contributed by atoms with Crippen LogP contribution in [0.5, 0.6) is 0 Å². The molecule has 0 saturated heterocycles. The van der Waals surface area contributed by atoms with Gasteiger partial charge in [-0.3, -0.25) is 5.01 Å². The summed E-state index contributed by atoms with van der Waals surface area (Å²) >= 11 is 6.25. The van der Waals surface area contributed by atoms with Gasteiger partial charge in [-0.05, 0) is 18.1 Å². The van der Waals surface area contributed by atoms with Crippen LogP contribution in [0.25, 0.3) is 0 Å². The van der Waals surface area contributed by atoms with E-state index in [1.54, 1.807) is 0 Å². The molecule has 4 heteroatoms. The molecule has 2 aliphatic heterocycles. The van der Waals surface area contributed by atoms with Crippen LogP contribution >= 0.6 is 11.6 Å². The van der Waals surface area contributed by atoms with Crippen LogP contribution in [-0.2, 0) is 6.42 Å². The number of para-hydroxylation sites is 1. The van der Waals surface area contributed by atoms with Crippen molar-refractivity contribution in [3.63, 3.8) is 0 Å². The lowest BCUT2D eigenvalue weighted by molar-refractivity contribution is 0.268. The predicted molar refractivity (Wildman–Crippen MR) is 66.6 cm³/mol. The molecule has 3 nitrogen and oxygen atoms in total. The Morgan fingerprint density at radius 3 is 3.06 bits per heavy atom. The van der Waals surface area contributed by atoms with Crippen molar-refractivity contribution < 1.29 is 0 Å². The lowest BCUT2D eigenvalue weighted by Crippen LogP contribution is -2.33. The van der Waals surface area contributed by atoms with E-state index in [1.807, 2.05) is 36.5 Å². The summed E-state index contributed by atoms with van der Waals surface area (Å²) in [5.41, 5.74) is 2.23. The summed E-state index contributed by atoms with van der Waals surface area (Å²) in [7, 11) is 1.99. The summed E-state index contributed by atoms with van der Waals surface area (Å²) in [4.78, 5) is 4.48. The van der Waals surface area contributed by atoms with Gasteiger partial charge in [0.1, 0.15) is 5.17 Å². The molecule has 0 amide bonds. The summed E-state index contributed by atoms with van der Waals surface area (Å²) < 4.78 is 0. The first kappa shape index (κ1) is 9.85. The number of hydrogen-bond acceptors (Lipinski definition) is 3. The molecule has 0 fully saturated rings. The molecule has 1 aromatic carbocycles. The van der Waals surface area contributed by atoms with Gasteiger partial charge in [0.25, 0.3) is 0 Å². The van der Waals surface area contributed by atoms with Gasteiger partial charge < -0.3 is 0 Å². The molecule has 1 aromatic rings. The normalized spacial score (nSPS) is 27.1. The summed E-state index contributed by atoms with van der Waals surface area (Å²) in [5.74, 6) is 0.138. The molecule has 0 N–H and O–H groups in total. The second-order valence-electron chi connectivity index (χ2n) is 4.20. The molecule has 0 radical (unpaired) electrons. The number of hydrogen-bond donors (Lipinski definition) is 0. The second-order valence-corrected chi connectivity index (χ2v) is 4.59. The Morgan fingerprint density at radius 1 is 1.38 bits per heavy atom. The molecule has 2 atom stereocenters. The lowest BCUT2D eigenvalue weighted by atomic mass is 9.96. The summed E-state index contributed by atoms with van der Waals surface area (Å²) in [5, 5.41) is 6.91. The third-order valence-electron chi connectivity index (χ3n) is 3.23. The number of nitrogens with zero attached hydrogens (tertiary/aromatic N) is 3. The lowest BCUT2D eigenvalue weighted by Gasteiger charge is -2.22. The van der Waals surface area contributed by atoms with Crippen LogP contribution in [0.15, 0.2) is 34.4 Å². The Morgan fingerprint density at radius 2 is 2.19 bits per heavy atom. The van der Waals surface area contributed by atoms with Gasteiger partial charge in [0, 0.05) is 13.3 Å². The van der Waals surface area contributed by atoms with Crippen molar-refractivity contribution in [2.75, 3.05) is 7.05 Å². The number of aliphatic imine (C=N–C) groups is 1. The van der Waals surface area contributed by atoms with Crippen molar-refractivity contribution in [1.29, 1.82) is 0 Å². The number of fused-ring (bicyclic) bond motifs is 2. The molecule has 3 rings (SSSR count). The molecule has 0 saturated carbocycles. The van der Waals surface area contributed by atoms with Gasteiger partial charge in [0.2, 0.25) is 0 Å². The van der Waals surface area contributed by atoms with Gasteiger partial charge in [-0.1, -0.05) is 29.8 Å². The van der Waals surface area contributed by atoms with Gasteiger partial charge in [0.15, 0.2) is 0 Å². The van der Waals surface area contributed by atoms with Crippen molar-refractivity contribution in [1.82, 2.24) is 5.01 Å². The molecular weight excluding hydrogens is 222 g/mol. The highest BCUT2D eigenvalue weighted by Gasteiger charge is 2.34. The third-order valence-corrected chi connectivity index (χ3v) is 3.56. The van der Waals surface area contributed by atoms with E-state index in [2.05, 4.69) is 16.2 Å². The first-order valence-corrected chi connectivity index (χ1v) is 5.72. The summed E-state index contributed by atoms with van der Waals surface area (Å²) in [6.07, 6.45) is 2.83. The Labute approximate surface area is 99.4 Å². The summed E-state index contributed by atoms with van der Waals surface area (Å²) in [6.45, 7) is 0. The number of likely N-dealkylation sites (N-methyl/N-ethyl adjacent to an activating group) is 1. The zero-order chi connectivity index (χ0) is 11.1. The molecule has 2 heterocycles. The van der Waals surface area contributed by atoms with E-state index < -0.39 is 0 Å². The minimum atomic E-state index is 0.138. The van der Waals surface area contributed by atoms with Crippen molar-refractivity contribution in [3.05, 3.63) is 29.8 Å². The molecule has 2 unspecified atom stereocenters. The number of benzene rings is 1. The van der Waals surface area contributed by atoms with E-state index in [0.29, 0.717) is 11.2 Å². The third kappa shape index (κ3) is 1.43. The van der Waals surface area contributed by atoms with Crippen LogP contribution in [0.2, 0.25) is 0 Å². The van der Waals surface area contributed by atoms with Crippen molar-refractivity contribution >= 4 is 28.7 Å². The topological polar surface area (TPSA) is 28.0 Å². The van der Waals surface area contributed by atoms with Crippen molar-refractivity contribution in [2.45, 2.75) is 12.5 Å². The van der Waals surface area contributed by atoms with E-state index in [-0.39, 0.29) is 5.92 Å². The van der Waals surface area contributed by atoms with Crippen molar-refractivity contribution in [3.8, 4) is 0 Å². The van der Waals surface area contributed by atoms with Gasteiger partial charge in [-0.2, -0.15) is 5.10 Å². The first-order valence-electron chi connectivity index (χ1n) is 5.34. The molecular formula is C12H12ClN3. The SMILES string of the molecule is CN1N=CC2C(Cl)=Nc3ccccc3CC21. The standard InChI is InChI=1S/C12H12ClN3/c1-16-11-6-8-4-2-3-5-10(8)15-12(13)9(11)7-14-16/h2-5,7,9,11H,6H2,1H3. The van der Waals surface area contributed by atoms with E-state index in [1.165, 1.54) is 5.56 Å². The predicted octanol–water partition coefficient (Wildman–Crippen LogP) is 2.43. The minimum Gasteiger partial charge on any atom is -0.296 e. The highest BCUT2D eigenvalue weighted by Crippen LogP contribution is 2.32. The van der Waals surface area contributed by atoms with Gasteiger partial charge >= 0.3 is 0 Å². The Hall–Kier alpha value is -1.35. The number of rotatable bonds is 0. The molecule has 2 aliphatic rings. The second kappa shape index (κ2) is 3.59. The average molecular weight is 234 g/mol. The maximum atomic E-state index is 6.25. The van der Waals surface area contributed by atoms with E-state index in [4.69, 9.17) is 11.6 Å². The van der Waals surface area contributed by atoms with Gasteiger partial charge in [-0.25, -0.2) is 4.99 Å². The monoisotopic (exact) mass is 233 g/mol. The average Bonchev–Trinajstić information content (AvgIpc) is 2.57. The minimum absolute atomic E-state index is 0.138. The van der Waals surface area contributed by atoms with Gasteiger partial charge in [0.05, 0.1) is 17.6 Å². The maximum absolute atomic E-state index is 6.25. The van der Waals surface area contributed by atoms with Crippen molar-refractivity contribution in [2.24, 2.45) is 16.0 Å². The number of halogens is 1. The number of hydrazone groups is 1. The first-order chi connectivity index (χ1) is 7.75. The van der Waals surface area contributed by atoms with Crippen LogP contribution in [0.3, 0.4) is 0 Å². The maximum Gasteiger partial charge on any atom is 0.117 e. The zero-order valence-corrected chi connectivity index (χ0v) is 9.72. The van der Waals surface area contributed by atoms with Crippen LogP contribution in [0.4, 0.5) is 5.69 Å². The fraction of sp³-hybridized carbons (Fsp3) is 0.333. The molecule has 0 spiro atoms. The van der Waals surface area contributed by atoms with E-state index >= 15 is 0 Å². The molecule has 82 valence electrons. The Kier molecular flexibility index (Phi) is 2.21. The smallest absolute Gasteiger partial charge is 0.117 e. The van der Waals surface area contributed by atoms with Crippen LogP contribution < -0.4 is 0 Å². The zero-order valence-electron chi connectivity index (χ0n) is 8.97. The fourth-order valence-electron chi connectivity index (χ4n) is 2.28. The van der Waals surface area contributed by atoms with Crippen LogP contribution in [-0.4, -0.2) is 29.5 Å². The summed E-state index contributed by atoms with van der Waals surface area (Å²) in [6, 6.07) is 8.46.